The van der Waals surface area contributed by atoms with E-state index in [4.69, 9.17) is 0 Å². The fraction of sp³-hybridized carbons (Fsp3) is 0.160. The average molecular weight is 498 g/mol. The number of aryl methyl sites for hydroxylation is 1. The average Bonchev–Trinajstić information content (AvgIpc) is 3.23. The van der Waals surface area contributed by atoms with Gasteiger partial charge >= 0.3 is 0 Å². The summed E-state index contributed by atoms with van der Waals surface area (Å²) < 4.78 is 29.3. The number of benzene rings is 2. The molecule has 0 fully saturated rings. The van der Waals surface area contributed by atoms with E-state index in [1.54, 1.807) is 13.0 Å². The molecule has 0 aliphatic carbocycles. The van der Waals surface area contributed by atoms with Crippen molar-refractivity contribution in [1.29, 1.82) is 0 Å². The van der Waals surface area contributed by atoms with Crippen LogP contribution in [0.4, 0.5) is 14.5 Å². The number of hydrogen-bond acceptors (Lipinski definition) is 5. The molecular formula is C25H21F2N3O2S2. The number of carbonyl (C=O) groups is 1. The number of nitrogens with zero attached hydrogens (tertiary/aromatic N) is 2. The molecule has 2 aromatic heterocycles. The number of hydrogen-bond donors (Lipinski definition) is 1. The monoisotopic (exact) mass is 497 g/mol. The molecule has 0 aliphatic heterocycles. The van der Waals surface area contributed by atoms with Crippen molar-refractivity contribution in [2.75, 3.05) is 5.32 Å². The van der Waals surface area contributed by atoms with Crippen LogP contribution in [0.1, 0.15) is 12.5 Å². The summed E-state index contributed by atoms with van der Waals surface area (Å²) in [5.41, 5.74) is 2.09. The van der Waals surface area contributed by atoms with Gasteiger partial charge in [-0.3, -0.25) is 14.2 Å². The number of rotatable bonds is 7. The Labute approximate surface area is 203 Å². The first-order valence-corrected chi connectivity index (χ1v) is 12.2. The van der Waals surface area contributed by atoms with Gasteiger partial charge in [0.1, 0.15) is 22.2 Å². The number of amides is 1. The van der Waals surface area contributed by atoms with E-state index in [9.17, 15) is 18.4 Å². The van der Waals surface area contributed by atoms with Crippen molar-refractivity contribution >= 4 is 44.9 Å². The molecule has 0 bridgehead atoms. The van der Waals surface area contributed by atoms with Gasteiger partial charge in [-0.15, -0.1) is 17.9 Å². The van der Waals surface area contributed by atoms with E-state index in [0.717, 1.165) is 40.6 Å². The minimum Gasteiger partial charge on any atom is -0.320 e. The predicted molar refractivity (Wildman–Crippen MR) is 135 cm³/mol. The van der Waals surface area contributed by atoms with Crippen molar-refractivity contribution in [3.63, 3.8) is 0 Å². The van der Waals surface area contributed by atoms with Crippen LogP contribution >= 0.6 is 23.1 Å². The zero-order valence-corrected chi connectivity index (χ0v) is 20.1. The molecule has 4 rings (SSSR count). The fourth-order valence-corrected chi connectivity index (χ4v) is 5.29. The summed E-state index contributed by atoms with van der Waals surface area (Å²) in [4.78, 5) is 31.3. The Hall–Kier alpha value is -3.30. The van der Waals surface area contributed by atoms with Crippen LogP contribution in [-0.2, 0) is 11.3 Å². The van der Waals surface area contributed by atoms with E-state index < -0.39 is 28.5 Å². The second-order valence-electron chi connectivity index (χ2n) is 7.64. The van der Waals surface area contributed by atoms with E-state index in [0.29, 0.717) is 15.4 Å². The normalized spacial score (nSPS) is 12.0. The minimum absolute atomic E-state index is 0.198. The van der Waals surface area contributed by atoms with Crippen LogP contribution in [0.5, 0.6) is 0 Å². The molecule has 0 spiro atoms. The van der Waals surface area contributed by atoms with Crippen molar-refractivity contribution in [1.82, 2.24) is 9.55 Å². The number of allylic oxidation sites excluding steroid dienone is 1. The maximum atomic E-state index is 13.9. The first kappa shape index (κ1) is 23.8. The lowest BCUT2D eigenvalue weighted by Gasteiger charge is -2.15. The highest BCUT2D eigenvalue weighted by Gasteiger charge is 2.23. The Bertz CT molecular complexity index is 1430. The molecule has 9 heteroatoms. The molecule has 0 radical (unpaired) electrons. The molecule has 0 aliphatic rings. The minimum atomic E-state index is -0.865. The summed E-state index contributed by atoms with van der Waals surface area (Å²) in [6.07, 6.45) is 1.58. The Morgan fingerprint density at radius 3 is 2.56 bits per heavy atom. The lowest BCUT2D eigenvalue weighted by molar-refractivity contribution is -0.115. The van der Waals surface area contributed by atoms with E-state index in [1.807, 2.05) is 36.6 Å². The number of aromatic nitrogens is 2. The molecule has 0 saturated carbocycles. The van der Waals surface area contributed by atoms with Gasteiger partial charge in [-0.25, -0.2) is 13.8 Å². The standard InChI is InChI=1S/C25H21F2N3O2S2/c1-4-12-30-24(32)20-17(16-10-8-14(2)9-11-16)13-33-23(20)29-25(30)34-15(3)22(31)28-21-18(26)6-5-7-19(21)27/h4-11,13,15H,1,12H2,2-3H3,(H,28,31). The van der Waals surface area contributed by atoms with Crippen molar-refractivity contribution < 1.29 is 13.6 Å². The highest BCUT2D eigenvalue weighted by Crippen LogP contribution is 2.33. The van der Waals surface area contributed by atoms with Crippen molar-refractivity contribution in [3.8, 4) is 11.1 Å². The highest BCUT2D eigenvalue weighted by molar-refractivity contribution is 8.00. The molecule has 4 aromatic rings. The second kappa shape index (κ2) is 9.90. The van der Waals surface area contributed by atoms with Crippen LogP contribution in [0.2, 0.25) is 0 Å². The Morgan fingerprint density at radius 1 is 1.24 bits per heavy atom. The molecule has 2 heterocycles. The SMILES string of the molecule is C=CCn1c(SC(C)C(=O)Nc2c(F)cccc2F)nc2scc(-c3ccc(C)cc3)c2c1=O. The van der Waals surface area contributed by atoms with Gasteiger partial charge in [0.05, 0.1) is 10.6 Å². The van der Waals surface area contributed by atoms with Crippen molar-refractivity contribution in [3.05, 3.63) is 88.1 Å². The van der Waals surface area contributed by atoms with E-state index in [2.05, 4.69) is 16.9 Å². The van der Waals surface area contributed by atoms with Gasteiger partial charge in [0.25, 0.3) is 5.56 Å². The number of fused-ring (bicyclic) bond motifs is 1. The molecule has 1 N–H and O–H groups in total. The number of halogens is 2. The fourth-order valence-electron chi connectivity index (χ4n) is 3.39. The van der Waals surface area contributed by atoms with Gasteiger partial charge in [0, 0.05) is 17.5 Å². The lowest BCUT2D eigenvalue weighted by atomic mass is 10.1. The number of nitrogens with one attached hydrogen (secondary N) is 1. The molecular weight excluding hydrogens is 476 g/mol. The second-order valence-corrected chi connectivity index (χ2v) is 9.81. The summed E-state index contributed by atoms with van der Waals surface area (Å²) in [7, 11) is 0. The van der Waals surface area contributed by atoms with Gasteiger partial charge in [-0.05, 0) is 31.5 Å². The first-order chi connectivity index (χ1) is 16.3. The zero-order valence-electron chi connectivity index (χ0n) is 18.5. The van der Waals surface area contributed by atoms with Gasteiger partial charge in [-0.1, -0.05) is 53.7 Å². The number of anilines is 1. The zero-order chi connectivity index (χ0) is 24.4. The third kappa shape index (κ3) is 4.67. The maximum absolute atomic E-state index is 13.9. The maximum Gasteiger partial charge on any atom is 0.263 e. The van der Waals surface area contributed by atoms with Crippen LogP contribution in [0.25, 0.3) is 21.3 Å². The smallest absolute Gasteiger partial charge is 0.263 e. The number of thioether (sulfide) groups is 1. The van der Waals surface area contributed by atoms with E-state index >= 15 is 0 Å². The largest absolute Gasteiger partial charge is 0.320 e. The summed E-state index contributed by atoms with van der Waals surface area (Å²) in [5.74, 6) is -2.34. The van der Waals surface area contributed by atoms with Crippen LogP contribution in [0.15, 0.2) is 70.5 Å². The van der Waals surface area contributed by atoms with Crippen LogP contribution in [-0.4, -0.2) is 20.7 Å². The Balaban J connectivity index is 1.69. The molecule has 2 aromatic carbocycles. The molecule has 5 nitrogen and oxygen atoms in total. The predicted octanol–water partition coefficient (Wildman–Crippen LogP) is 6.02. The number of carbonyl (C=O) groups excluding carboxylic acids is 1. The summed E-state index contributed by atoms with van der Waals surface area (Å²) in [6, 6.07) is 11.2. The summed E-state index contributed by atoms with van der Waals surface area (Å²) >= 11 is 2.39. The first-order valence-electron chi connectivity index (χ1n) is 10.4. The Kier molecular flexibility index (Phi) is 6.95. The highest BCUT2D eigenvalue weighted by atomic mass is 32.2. The molecule has 0 saturated heterocycles. The van der Waals surface area contributed by atoms with Gasteiger partial charge in [0.2, 0.25) is 5.91 Å². The molecule has 34 heavy (non-hydrogen) atoms. The van der Waals surface area contributed by atoms with Gasteiger partial charge < -0.3 is 5.32 Å². The van der Waals surface area contributed by atoms with Gasteiger partial charge in [0.15, 0.2) is 5.16 Å². The summed E-state index contributed by atoms with van der Waals surface area (Å²) in [5, 5.41) is 4.23. The van der Waals surface area contributed by atoms with E-state index in [-0.39, 0.29) is 12.1 Å². The lowest BCUT2D eigenvalue weighted by Crippen LogP contribution is -2.27. The van der Waals surface area contributed by atoms with Crippen molar-refractivity contribution in [2.24, 2.45) is 0 Å². The summed E-state index contributed by atoms with van der Waals surface area (Å²) in [6.45, 7) is 7.51. The topological polar surface area (TPSA) is 64.0 Å². The van der Waals surface area contributed by atoms with Gasteiger partial charge in [-0.2, -0.15) is 0 Å². The molecule has 1 atom stereocenters. The number of thiophene rings is 1. The molecule has 1 amide bonds. The third-order valence-corrected chi connectivity index (χ3v) is 7.16. The van der Waals surface area contributed by atoms with Crippen LogP contribution in [0.3, 0.4) is 0 Å². The quantitative estimate of drug-likeness (QED) is 0.193. The van der Waals surface area contributed by atoms with Crippen LogP contribution in [0, 0.1) is 18.6 Å². The van der Waals surface area contributed by atoms with E-state index in [1.165, 1.54) is 22.0 Å². The third-order valence-electron chi connectivity index (χ3n) is 5.20. The van der Waals surface area contributed by atoms with Crippen LogP contribution < -0.4 is 10.9 Å². The molecule has 1 unspecified atom stereocenters. The Morgan fingerprint density at radius 2 is 1.91 bits per heavy atom. The number of para-hydroxylation sites is 1. The molecule has 174 valence electrons. The van der Waals surface area contributed by atoms with Crippen molar-refractivity contribution in [2.45, 2.75) is 30.8 Å².